The molecule has 0 aliphatic carbocycles. The van der Waals surface area contributed by atoms with Crippen LogP contribution in [0.1, 0.15) is 31.7 Å². The summed E-state index contributed by atoms with van der Waals surface area (Å²) in [6.07, 6.45) is 0.0916. The lowest BCUT2D eigenvalue weighted by molar-refractivity contribution is -0.757. The monoisotopic (exact) mass is 473 g/mol. The number of esters is 2. The minimum atomic E-state index is -1.13. The molecular weight excluding hydrogens is 453 g/mol. The molecule has 0 fully saturated rings. The van der Waals surface area contributed by atoms with Crippen molar-refractivity contribution < 1.29 is 29.0 Å². The second-order valence-electron chi connectivity index (χ2n) is 6.43. The number of benzene rings is 1. The molecular formula is C19H21Cl2N3O7. The van der Waals surface area contributed by atoms with E-state index >= 15 is 0 Å². The lowest BCUT2D eigenvalue weighted by Gasteiger charge is -2.31. The Balaban J connectivity index is 2.42. The highest BCUT2D eigenvalue weighted by Crippen LogP contribution is 2.43. The van der Waals surface area contributed by atoms with Crippen molar-refractivity contribution in [1.29, 1.82) is 0 Å². The number of amidine groups is 1. The van der Waals surface area contributed by atoms with Gasteiger partial charge in [-0.15, -0.1) is 10.1 Å². The number of halogens is 2. The summed E-state index contributed by atoms with van der Waals surface area (Å²) in [4.78, 5) is 44.2. The Hall–Kier alpha value is -2.85. The molecule has 0 aromatic heterocycles. The van der Waals surface area contributed by atoms with Crippen LogP contribution in [0.3, 0.4) is 0 Å². The fourth-order valence-electron chi connectivity index (χ4n) is 3.19. The molecule has 0 bridgehead atoms. The third-order valence-corrected chi connectivity index (χ3v) is 5.28. The second-order valence-corrected chi connectivity index (χ2v) is 7.22. The van der Waals surface area contributed by atoms with Crippen molar-refractivity contribution in [2.75, 3.05) is 19.8 Å². The number of carbonyl (C=O) groups excluding carboxylic acids is 2. The normalized spacial score (nSPS) is 18.3. The maximum Gasteiger partial charge on any atom is 0.336 e. The summed E-state index contributed by atoms with van der Waals surface area (Å²) in [5.74, 6) is -3.56. The van der Waals surface area contributed by atoms with Gasteiger partial charge in [-0.05, 0) is 25.5 Å². The number of aliphatic imine (C=N–C) groups is 1. The van der Waals surface area contributed by atoms with Crippen LogP contribution in [0.15, 0.2) is 34.5 Å². The van der Waals surface area contributed by atoms with Crippen molar-refractivity contribution >= 4 is 41.0 Å². The summed E-state index contributed by atoms with van der Waals surface area (Å²) >= 11 is 12.5. The smallest absolute Gasteiger partial charge is 0.336 e. The van der Waals surface area contributed by atoms with E-state index in [2.05, 4.69) is 9.83 Å². The van der Waals surface area contributed by atoms with Gasteiger partial charge in [0.1, 0.15) is 11.8 Å². The number of rotatable bonds is 9. The molecule has 1 aromatic carbocycles. The zero-order valence-electron chi connectivity index (χ0n) is 16.8. The predicted octanol–water partition coefficient (Wildman–Crippen LogP) is 3.04. The van der Waals surface area contributed by atoms with Crippen LogP contribution in [-0.2, 0) is 23.9 Å². The van der Waals surface area contributed by atoms with Gasteiger partial charge in [-0.3, -0.25) is 4.79 Å². The first-order valence-corrected chi connectivity index (χ1v) is 10.0. The molecule has 2 unspecified atom stereocenters. The van der Waals surface area contributed by atoms with Gasteiger partial charge in [0.2, 0.25) is 0 Å². The fourth-order valence-corrected chi connectivity index (χ4v) is 3.61. The van der Waals surface area contributed by atoms with Crippen LogP contribution >= 0.6 is 23.2 Å². The number of nitrogens with zero attached hydrogens (tertiary/aromatic N) is 2. The Morgan fingerprint density at radius 2 is 1.97 bits per heavy atom. The van der Waals surface area contributed by atoms with Crippen LogP contribution in [0, 0.1) is 16.0 Å². The Labute approximate surface area is 188 Å². The van der Waals surface area contributed by atoms with Crippen LogP contribution in [0.4, 0.5) is 0 Å². The van der Waals surface area contributed by atoms with Crippen LogP contribution in [0.2, 0.25) is 10.0 Å². The molecule has 2 atom stereocenters. The van der Waals surface area contributed by atoms with Gasteiger partial charge in [0, 0.05) is 12.3 Å². The van der Waals surface area contributed by atoms with E-state index in [0.717, 1.165) is 0 Å². The van der Waals surface area contributed by atoms with E-state index in [1.54, 1.807) is 32.0 Å². The third kappa shape index (κ3) is 5.86. The van der Waals surface area contributed by atoms with Gasteiger partial charge < -0.3 is 20.0 Å². The molecule has 0 radical (unpaired) electrons. The second kappa shape index (κ2) is 11.0. The first kappa shape index (κ1) is 24.4. The van der Waals surface area contributed by atoms with Gasteiger partial charge >= 0.3 is 11.9 Å². The number of allylic oxidation sites excluding steroid dienone is 1. The minimum Gasteiger partial charge on any atom is -0.465 e. The van der Waals surface area contributed by atoms with E-state index in [1.165, 1.54) is 0 Å². The highest BCUT2D eigenvalue weighted by molar-refractivity contribution is 6.42. The van der Waals surface area contributed by atoms with E-state index in [0.29, 0.717) is 5.56 Å². The van der Waals surface area contributed by atoms with Crippen molar-refractivity contribution in [2.45, 2.75) is 26.2 Å². The molecule has 10 nitrogen and oxygen atoms in total. The minimum absolute atomic E-state index is 0.0343. The molecule has 0 saturated carbocycles. The summed E-state index contributed by atoms with van der Waals surface area (Å²) < 4.78 is 10.4. The molecule has 1 heterocycles. The van der Waals surface area contributed by atoms with Gasteiger partial charge in [-0.1, -0.05) is 35.3 Å². The number of hydrogen-bond donors (Lipinski definition) is 1. The number of nitrogens with two attached hydrogens (primary N) is 1. The highest BCUT2D eigenvalue weighted by Gasteiger charge is 2.44. The molecule has 2 N–H and O–H groups in total. The molecule has 1 aliphatic heterocycles. The van der Waals surface area contributed by atoms with Gasteiger partial charge in [-0.2, -0.15) is 0 Å². The molecule has 1 aromatic rings. The average Bonchev–Trinajstić information content (AvgIpc) is 2.69. The van der Waals surface area contributed by atoms with Crippen molar-refractivity contribution in [3.8, 4) is 0 Å². The van der Waals surface area contributed by atoms with E-state index in [9.17, 15) is 19.7 Å². The number of ether oxygens (including phenoxy) is 2. The molecule has 0 amide bonds. The molecule has 0 saturated heterocycles. The molecule has 0 spiro atoms. The van der Waals surface area contributed by atoms with E-state index in [-0.39, 0.29) is 53.4 Å². The largest absolute Gasteiger partial charge is 0.465 e. The molecule has 1 aliphatic rings. The summed E-state index contributed by atoms with van der Waals surface area (Å²) in [6.45, 7) is 2.89. The Kier molecular flexibility index (Phi) is 8.64. The van der Waals surface area contributed by atoms with Crippen molar-refractivity contribution in [3.05, 3.63) is 55.2 Å². The maximum atomic E-state index is 12.9. The van der Waals surface area contributed by atoms with E-state index in [1.807, 2.05) is 0 Å². The lowest BCUT2D eigenvalue weighted by atomic mass is 9.77. The Morgan fingerprint density at radius 1 is 1.26 bits per heavy atom. The topological polar surface area (TPSA) is 143 Å². The van der Waals surface area contributed by atoms with Gasteiger partial charge in [0.25, 0.3) is 5.09 Å². The summed E-state index contributed by atoms with van der Waals surface area (Å²) in [6, 6.07) is 4.81. The first-order chi connectivity index (χ1) is 14.7. The average molecular weight is 474 g/mol. The van der Waals surface area contributed by atoms with Gasteiger partial charge in [-0.25, -0.2) is 9.79 Å². The van der Waals surface area contributed by atoms with Crippen LogP contribution in [0.5, 0.6) is 0 Å². The molecule has 31 heavy (non-hydrogen) atoms. The fraction of sp³-hybridized carbons (Fsp3) is 0.421. The van der Waals surface area contributed by atoms with Crippen LogP contribution < -0.4 is 5.73 Å². The predicted molar refractivity (Wildman–Crippen MR) is 112 cm³/mol. The quantitative estimate of drug-likeness (QED) is 0.249. The SMILES string of the molecule is CCOC(=O)C1C(N)=NC(C)=C(C(=O)OCCCO[N+](=O)[O-])C1c1cccc(Cl)c1Cl. The van der Waals surface area contributed by atoms with Crippen molar-refractivity contribution in [3.63, 3.8) is 0 Å². The van der Waals surface area contributed by atoms with E-state index in [4.69, 9.17) is 38.4 Å². The highest BCUT2D eigenvalue weighted by atomic mass is 35.5. The van der Waals surface area contributed by atoms with Crippen molar-refractivity contribution in [1.82, 2.24) is 0 Å². The zero-order chi connectivity index (χ0) is 23.1. The standard InChI is InChI=1S/C19H21Cl2N3O7/c1-3-29-19(26)15-14(11-6-4-7-12(20)16(11)21)13(10(2)23-17(15)22)18(25)30-8-5-9-31-24(27)28/h4,6-7,14-15H,3,5,8-9H2,1-2H3,(H2,22,23). The number of hydrogen-bond acceptors (Lipinski definition) is 9. The maximum absolute atomic E-state index is 12.9. The first-order valence-electron chi connectivity index (χ1n) is 9.28. The molecule has 168 valence electrons. The lowest BCUT2D eigenvalue weighted by Crippen LogP contribution is -2.41. The third-order valence-electron chi connectivity index (χ3n) is 4.45. The molecule has 2 rings (SSSR count). The van der Waals surface area contributed by atoms with Crippen LogP contribution in [0.25, 0.3) is 0 Å². The molecule has 12 heteroatoms. The summed E-state index contributed by atoms with van der Waals surface area (Å²) in [5, 5.41) is 9.64. The summed E-state index contributed by atoms with van der Waals surface area (Å²) in [7, 11) is 0. The van der Waals surface area contributed by atoms with E-state index < -0.39 is 28.9 Å². The zero-order valence-corrected chi connectivity index (χ0v) is 18.3. The van der Waals surface area contributed by atoms with Gasteiger partial charge in [0.15, 0.2) is 0 Å². The summed E-state index contributed by atoms with van der Waals surface area (Å²) in [5.41, 5.74) is 6.74. The van der Waals surface area contributed by atoms with Crippen LogP contribution in [-0.4, -0.2) is 42.7 Å². The Morgan fingerprint density at radius 3 is 2.61 bits per heavy atom. The number of carbonyl (C=O) groups is 2. The Bertz CT molecular complexity index is 933. The van der Waals surface area contributed by atoms with Gasteiger partial charge in [0.05, 0.1) is 41.1 Å². The van der Waals surface area contributed by atoms with Crippen molar-refractivity contribution in [2.24, 2.45) is 16.6 Å².